The van der Waals surface area contributed by atoms with Gasteiger partial charge < -0.3 is 9.52 Å². The van der Waals surface area contributed by atoms with Crippen LogP contribution in [0.3, 0.4) is 0 Å². The highest BCUT2D eigenvalue weighted by molar-refractivity contribution is 5.66. The van der Waals surface area contributed by atoms with E-state index in [1.54, 1.807) is 0 Å². The molecule has 0 amide bonds. The highest BCUT2D eigenvalue weighted by Gasteiger charge is 2.11. The molecule has 5 nitrogen and oxygen atoms in total. The zero-order valence-electron chi connectivity index (χ0n) is 10.3. The maximum Gasteiger partial charge on any atom is 0.303 e. The minimum Gasteiger partial charge on any atom is -0.481 e. The Morgan fingerprint density at radius 1 is 1.33 bits per heavy atom. The second kappa shape index (κ2) is 5.00. The van der Waals surface area contributed by atoms with E-state index in [0.717, 1.165) is 11.1 Å². The van der Waals surface area contributed by atoms with Crippen LogP contribution in [0.1, 0.15) is 23.4 Å². The molecule has 2 rings (SSSR count). The van der Waals surface area contributed by atoms with Gasteiger partial charge in [0.05, 0.1) is 6.42 Å². The van der Waals surface area contributed by atoms with E-state index in [2.05, 4.69) is 10.2 Å². The van der Waals surface area contributed by atoms with E-state index >= 15 is 0 Å². The van der Waals surface area contributed by atoms with Gasteiger partial charge in [-0.15, -0.1) is 10.2 Å². The summed E-state index contributed by atoms with van der Waals surface area (Å²) in [5.74, 6) is -0.0819. The Balaban J connectivity index is 2.21. The van der Waals surface area contributed by atoms with Gasteiger partial charge in [-0.2, -0.15) is 0 Å². The molecule has 0 aliphatic heterocycles. The fourth-order valence-corrected chi connectivity index (χ4v) is 1.73. The number of hydrogen-bond donors (Lipinski definition) is 1. The van der Waals surface area contributed by atoms with E-state index < -0.39 is 5.97 Å². The summed E-state index contributed by atoms with van der Waals surface area (Å²) < 4.78 is 5.46. The average molecular weight is 246 g/mol. The summed E-state index contributed by atoms with van der Waals surface area (Å²) in [5.41, 5.74) is 3.11. The minimum atomic E-state index is -0.874. The van der Waals surface area contributed by atoms with Crippen molar-refractivity contribution in [3.05, 3.63) is 35.2 Å². The average Bonchev–Trinajstić information content (AvgIpc) is 2.75. The molecular weight excluding hydrogens is 232 g/mol. The van der Waals surface area contributed by atoms with Crippen LogP contribution in [-0.2, 0) is 11.2 Å². The number of aromatic nitrogens is 2. The van der Waals surface area contributed by atoms with Crippen molar-refractivity contribution in [2.45, 2.75) is 26.7 Å². The fraction of sp³-hybridized carbons (Fsp3) is 0.308. The fourth-order valence-electron chi connectivity index (χ4n) is 1.73. The first-order chi connectivity index (χ1) is 8.56. The normalized spacial score (nSPS) is 10.6. The van der Waals surface area contributed by atoms with E-state index in [-0.39, 0.29) is 12.8 Å². The Kier molecular flexibility index (Phi) is 3.41. The number of carboxylic acids is 1. The lowest BCUT2D eigenvalue weighted by atomic mass is 10.1. The molecule has 0 fully saturated rings. The van der Waals surface area contributed by atoms with Gasteiger partial charge in [-0.25, -0.2) is 0 Å². The van der Waals surface area contributed by atoms with Crippen molar-refractivity contribution < 1.29 is 14.3 Å². The number of nitrogens with zero attached hydrogens (tertiary/aromatic N) is 2. The zero-order chi connectivity index (χ0) is 13.1. The smallest absolute Gasteiger partial charge is 0.303 e. The summed E-state index contributed by atoms with van der Waals surface area (Å²) in [6.45, 7) is 3.99. The van der Waals surface area contributed by atoms with Crippen LogP contribution in [0.15, 0.2) is 22.6 Å². The highest BCUT2D eigenvalue weighted by Crippen LogP contribution is 2.23. The van der Waals surface area contributed by atoms with Crippen molar-refractivity contribution in [2.24, 2.45) is 0 Å². The lowest BCUT2D eigenvalue weighted by Crippen LogP contribution is -1.97. The molecule has 2 aromatic rings. The maximum atomic E-state index is 10.5. The molecule has 0 spiro atoms. The molecule has 18 heavy (non-hydrogen) atoms. The minimum absolute atomic E-state index is 0.00544. The van der Waals surface area contributed by atoms with Gasteiger partial charge in [-0.05, 0) is 25.5 Å². The Hall–Kier alpha value is -2.17. The SMILES string of the molecule is Cc1ccc(-c2nnc(CCC(=O)O)o2)c(C)c1. The van der Waals surface area contributed by atoms with Crippen LogP contribution in [0.25, 0.3) is 11.5 Å². The van der Waals surface area contributed by atoms with Gasteiger partial charge in [0.25, 0.3) is 0 Å². The van der Waals surface area contributed by atoms with E-state index in [1.165, 1.54) is 5.56 Å². The van der Waals surface area contributed by atoms with Crippen LogP contribution >= 0.6 is 0 Å². The molecular formula is C13H14N2O3. The predicted molar refractivity (Wildman–Crippen MR) is 65.2 cm³/mol. The Bertz CT molecular complexity index is 575. The molecule has 0 aliphatic carbocycles. The third-order valence-electron chi connectivity index (χ3n) is 2.63. The third-order valence-corrected chi connectivity index (χ3v) is 2.63. The number of benzene rings is 1. The van der Waals surface area contributed by atoms with Crippen LogP contribution in [0.2, 0.25) is 0 Å². The van der Waals surface area contributed by atoms with Gasteiger partial charge in [0, 0.05) is 12.0 Å². The number of aryl methyl sites for hydroxylation is 3. The molecule has 1 heterocycles. The number of hydrogen-bond acceptors (Lipinski definition) is 4. The Morgan fingerprint density at radius 2 is 2.11 bits per heavy atom. The summed E-state index contributed by atoms with van der Waals surface area (Å²) in [5, 5.41) is 16.4. The molecule has 1 aromatic heterocycles. The maximum absolute atomic E-state index is 10.5. The summed E-state index contributed by atoms with van der Waals surface area (Å²) >= 11 is 0. The van der Waals surface area contributed by atoms with Crippen molar-refractivity contribution in [2.75, 3.05) is 0 Å². The van der Waals surface area contributed by atoms with Crippen molar-refractivity contribution >= 4 is 5.97 Å². The molecule has 0 aliphatic rings. The van der Waals surface area contributed by atoms with Gasteiger partial charge in [-0.3, -0.25) is 4.79 Å². The second-order valence-electron chi connectivity index (χ2n) is 4.21. The first-order valence-electron chi connectivity index (χ1n) is 5.68. The predicted octanol–water partition coefficient (Wildman–Crippen LogP) is 2.37. The monoisotopic (exact) mass is 246 g/mol. The van der Waals surface area contributed by atoms with E-state index in [4.69, 9.17) is 9.52 Å². The number of carbonyl (C=O) groups is 1. The number of carboxylic acid groups (broad SMARTS) is 1. The van der Waals surface area contributed by atoms with Gasteiger partial charge in [0.2, 0.25) is 11.8 Å². The topological polar surface area (TPSA) is 76.2 Å². The standard InChI is InChI=1S/C13H14N2O3/c1-8-3-4-10(9(2)7-8)13-15-14-11(18-13)5-6-12(16)17/h3-4,7H,5-6H2,1-2H3,(H,16,17). The van der Waals surface area contributed by atoms with Crippen LogP contribution in [0, 0.1) is 13.8 Å². The van der Waals surface area contributed by atoms with Gasteiger partial charge in [0.1, 0.15) is 0 Å². The van der Waals surface area contributed by atoms with E-state index in [1.807, 2.05) is 32.0 Å². The molecule has 0 saturated carbocycles. The van der Waals surface area contributed by atoms with Crippen LogP contribution < -0.4 is 0 Å². The molecule has 94 valence electrons. The van der Waals surface area contributed by atoms with Crippen molar-refractivity contribution in [3.8, 4) is 11.5 Å². The first-order valence-corrected chi connectivity index (χ1v) is 5.68. The van der Waals surface area contributed by atoms with Crippen molar-refractivity contribution in [3.63, 3.8) is 0 Å². The van der Waals surface area contributed by atoms with Crippen LogP contribution in [-0.4, -0.2) is 21.3 Å². The van der Waals surface area contributed by atoms with Gasteiger partial charge in [-0.1, -0.05) is 17.7 Å². The van der Waals surface area contributed by atoms with Gasteiger partial charge >= 0.3 is 5.97 Å². The van der Waals surface area contributed by atoms with Crippen LogP contribution in [0.5, 0.6) is 0 Å². The van der Waals surface area contributed by atoms with E-state index in [0.29, 0.717) is 11.8 Å². The summed E-state index contributed by atoms with van der Waals surface area (Å²) in [7, 11) is 0. The molecule has 0 radical (unpaired) electrons. The molecule has 0 unspecified atom stereocenters. The second-order valence-corrected chi connectivity index (χ2v) is 4.21. The first kappa shape index (κ1) is 12.3. The molecule has 5 heteroatoms. The summed E-state index contributed by atoms with van der Waals surface area (Å²) in [4.78, 5) is 10.5. The Labute approximate surface area is 104 Å². The zero-order valence-corrected chi connectivity index (χ0v) is 10.3. The number of rotatable bonds is 4. The summed E-state index contributed by atoms with van der Waals surface area (Å²) in [6, 6.07) is 5.94. The quantitative estimate of drug-likeness (QED) is 0.896. The highest BCUT2D eigenvalue weighted by atomic mass is 16.4. The lowest BCUT2D eigenvalue weighted by molar-refractivity contribution is -0.137. The van der Waals surface area contributed by atoms with Crippen LogP contribution in [0.4, 0.5) is 0 Å². The Morgan fingerprint density at radius 3 is 2.78 bits per heavy atom. The molecule has 0 saturated heterocycles. The molecule has 0 bridgehead atoms. The van der Waals surface area contributed by atoms with Gasteiger partial charge in [0.15, 0.2) is 0 Å². The third kappa shape index (κ3) is 2.74. The molecule has 1 N–H and O–H groups in total. The van der Waals surface area contributed by atoms with Crippen molar-refractivity contribution in [1.29, 1.82) is 0 Å². The molecule has 0 atom stereocenters. The van der Waals surface area contributed by atoms with Crippen molar-refractivity contribution in [1.82, 2.24) is 10.2 Å². The number of aliphatic carboxylic acids is 1. The molecule has 1 aromatic carbocycles. The largest absolute Gasteiger partial charge is 0.481 e. The van der Waals surface area contributed by atoms with E-state index in [9.17, 15) is 4.79 Å². The lowest BCUT2D eigenvalue weighted by Gasteiger charge is -2.01. The summed E-state index contributed by atoms with van der Waals surface area (Å²) in [6.07, 6.45) is 0.252.